The van der Waals surface area contributed by atoms with Crippen LogP contribution in [0.4, 0.5) is 5.69 Å². The highest BCUT2D eigenvalue weighted by atomic mass is 16.5. The molecule has 1 aromatic heterocycles. The minimum Gasteiger partial charge on any atom is -0.465 e. The van der Waals surface area contributed by atoms with E-state index >= 15 is 0 Å². The summed E-state index contributed by atoms with van der Waals surface area (Å²) in [5.41, 5.74) is 3.44. The number of benzene rings is 1. The van der Waals surface area contributed by atoms with Crippen molar-refractivity contribution in [3.8, 4) is 0 Å². The SMILES string of the molecule is CCc1[nH]c(C(=O)NCCCN(CC)c2ccccc2)c(C)c1C(=O)OC. The Morgan fingerprint density at radius 1 is 1.19 bits per heavy atom. The van der Waals surface area contributed by atoms with Crippen molar-refractivity contribution in [3.05, 3.63) is 52.8 Å². The fourth-order valence-electron chi connectivity index (χ4n) is 3.20. The molecule has 0 aliphatic rings. The maximum atomic E-state index is 12.5. The Hall–Kier alpha value is -2.76. The van der Waals surface area contributed by atoms with Crippen LogP contribution in [-0.4, -0.2) is 43.6 Å². The quantitative estimate of drug-likeness (QED) is 0.524. The van der Waals surface area contributed by atoms with Crippen molar-refractivity contribution in [1.82, 2.24) is 10.3 Å². The first-order valence-corrected chi connectivity index (χ1v) is 9.41. The summed E-state index contributed by atoms with van der Waals surface area (Å²) < 4.78 is 4.84. The lowest BCUT2D eigenvalue weighted by Crippen LogP contribution is -2.30. The molecular formula is C21H29N3O3. The number of H-pyrrole nitrogens is 1. The normalized spacial score (nSPS) is 10.5. The molecule has 0 saturated carbocycles. The molecule has 2 aromatic rings. The summed E-state index contributed by atoms with van der Waals surface area (Å²) in [5.74, 6) is -0.610. The van der Waals surface area contributed by atoms with Crippen LogP contribution in [0.5, 0.6) is 0 Å². The Morgan fingerprint density at radius 2 is 1.89 bits per heavy atom. The van der Waals surface area contributed by atoms with Crippen LogP contribution in [0, 0.1) is 6.92 Å². The number of anilines is 1. The number of esters is 1. The van der Waals surface area contributed by atoms with Crippen molar-refractivity contribution in [2.75, 3.05) is 31.6 Å². The van der Waals surface area contributed by atoms with Gasteiger partial charge in [0.05, 0.1) is 12.7 Å². The topological polar surface area (TPSA) is 74.4 Å². The molecule has 0 fully saturated rings. The van der Waals surface area contributed by atoms with Crippen molar-refractivity contribution < 1.29 is 14.3 Å². The van der Waals surface area contributed by atoms with Crippen LogP contribution in [0.2, 0.25) is 0 Å². The van der Waals surface area contributed by atoms with E-state index in [0.717, 1.165) is 25.2 Å². The third-order valence-corrected chi connectivity index (χ3v) is 4.69. The van der Waals surface area contributed by atoms with E-state index < -0.39 is 5.97 Å². The average Bonchev–Trinajstić information content (AvgIpc) is 3.04. The molecule has 0 atom stereocenters. The van der Waals surface area contributed by atoms with E-state index in [0.29, 0.717) is 29.8 Å². The van der Waals surface area contributed by atoms with Crippen molar-refractivity contribution in [2.45, 2.75) is 33.6 Å². The standard InChI is InChI=1S/C21H29N3O3/c1-5-17-18(21(26)27-4)15(3)19(23-17)20(25)22-13-10-14-24(6-2)16-11-8-7-9-12-16/h7-9,11-12,23H,5-6,10,13-14H2,1-4H3,(H,22,25). The Labute approximate surface area is 160 Å². The van der Waals surface area contributed by atoms with Crippen molar-refractivity contribution in [2.24, 2.45) is 0 Å². The molecule has 1 heterocycles. The fraction of sp³-hybridized carbons (Fsp3) is 0.429. The number of carbonyl (C=O) groups excluding carboxylic acids is 2. The summed E-state index contributed by atoms with van der Waals surface area (Å²) in [7, 11) is 1.35. The largest absolute Gasteiger partial charge is 0.465 e. The lowest BCUT2D eigenvalue weighted by molar-refractivity contribution is 0.0599. The Balaban J connectivity index is 1.94. The van der Waals surface area contributed by atoms with Crippen LogP contribution in [-0.2, 0) is 11.2 Å². The van der Waals surface area contributed by atoms with Crippen LogP contribution >= 0.6 is 0 Å². The van der Waals surface area contributed by atoms with E-state index in [1.165, 1.54) is 12.8 Å². The highest BCUT2D eigenvalue weighted by Gasteiger charge is 2.23. The summed E-state index contributed by atoms with van der Waals surface area (Å²) >= 11 is 0. The number of nitrogens with zero attached hydrogens (tertiary/aromatic N) is 1. The number of hydrogen-bond donors (Lipinski definition) is 2. The number of aromatic amines is 1. The molecule has 2 N–H and O–H groups in total. The van der Waals surface area contributed by atoms with E-state index in [4.69, 9.17) is 4.74 Å². The second-order valence-electron chi connectivity index (χ2n) is 6.35. The number of carbonyl (C=O) groups is 2. The lowest BCUT2D eigenvalue weighted by atomic mass is 10.1. The summed E-state index contributed by atoms with van der Waals surface area (Å²) in [5, 5.41) is 2.94. The Bertz CT molecular complexity index is 768. The molecule has 6 nitrogen and oxygen atoms in total. The maximum absolute atomic E-state index is 12.5. The van der Waals surface area contributed by atoms with Crippen LogP contribution < -0.4 is 10.2 Å². The number of aromatic nitrogens is 1. The van der Waals surface area contributed by atoms with Crippen molar-refractivity contribution >= 4 is 17.6 Å². The van der Waals surface area contributed by atoms with E-state index in [2.05, 4.69) is 34.3 Å². The van der Waals surface area contributed by atoms with Gasteiger partial charge in [0.2, 0.25) is 0 Å². The van der Waals surface area contributed by atoms with E-state index in [9.17, 15) is 9.59 Å². The third-order valence-electron chi connectivity index (χ3n) is 4.69. The second-order valence-corrected chi connectivity index (χ2v) is 6.35. The molecule has 27 heavy (non-hydrogen) atoms. The fourth-order valence-corrected chi connectivity index (χ4v) is 3.20. The predicted octanol–water partition coefficient (Wildman–Crippen LogP) is 3.32. The van der Waals surface area contributed by atoms with Gasteiger partial charge in [-0.15, -0.1) is 0 Å². The minimum atomic E-state index is -0.416. The van der Waals surface area contributed by atoms with Gasteiger partial charge in [0, 0.05) is 31.0 Å². The third kappa shape index (κ3) is 4.90. The number of ether oxygens (including phenoxy) is 1. The maximum Gasteiger partial charge on any atom is 0.339 e. The molecule has 0 aliphatic heterocycles. The van der Waals surface area contributed by atoms with Gasteiger partial charge in [0.15, 0.2) is 0 Å². The number of amides is 1. The van der Waals surface area contributed by atoms with E-state index in [-0.39, 0.29) is 5.91 Å². The van der Waals surface area contributed by atoms with Crippen molar-refractivity contribution in [1.29, 1.82) is 0 Å². The van der Waals surface area contributed by atoms with Gasteiger partial charge in [-0.05, 0) is 44.4 Å². The van der Waals surface area contributed by atoms with Gasteiger partial charge < -0.3 is 19.9 Å². The van der Waals surface area contributed by atoms with Gasteiger partial charge in [-0.3, -0.25) is 4.79 Å². The number of nitrogens with one attached hydrogen (secondary N) is 2. The van der Waals surface area contributed by atoms with Crippen LogP contribution in [0.15, 0.2) is 30.3 Å². The molecule has 0 radical (unpaired) electrons. The van der Waals surface area contributed by atoms with Gasteiger partial charge in [-0.2, -0.15) is 0 Å². The minimum absolute atomic E-state index is 0.194. The number of methoxy groups -OCH3 is 1. The molecule has 0 saturated heterocycles. The molecule has 6 heteroatoms. The molecule has 0 spiro atoms. The summed E-state index contributed by atoms with van der Waals surface area (Å²) in [6, 6.07) is 10.2. The van der Waals surface area contributed by atoms with Crippen LogP contribution in [0.3, 0.4) is 0 Å². The van der Waals surface area contributed by atoms with Gasteiger partial charge in [-0.25, -0.2) is 4.79 Å². The number of hydrogen-bond acceptors (Lipinski definition) is 4. The molecule has 2 rings (SSSR count). The summed E-state index contributed by atoms with van der Waals surface area (Å²) in [6.45, 7) is 8.16. The predicted molar refractivity (Wildman–Crippen MR) is 108 cm³/mol. The van der Waals surface area contributed by atoms with Crippen LogP contribution in [0.25, 0.3) is 0 Å². The molecule has 1 aromatic carbocycles. The monoisotopic (exact) mass is 371 g/mol. The molecule has 0 unspecified atom stereocenters. The number of para-hydroxylation sites is 1. The first-order valence-electron chi connectivity index (χ1n) is 9.41. The highest BCUT2D eigenvalue weighted by Crippen LogP contribution is 2.20. The first-order chi connectivity index (χ1) is 13.0. The molecule has 0 aliphatic carbocycles. The summed E-state index contributed by atoms with van der Waals surface area (Å²) in [4.78, 5) is 29.9. The van der Waals surface area contributed by atoms with Gasteiger partial charge in [0.25, 0.3) is 5.91 Å². The van der Waals surface area contributed by atoms with E-state index in [1.807, 2.05) is 25.1 Å². The van der Waals surface area contributed by atoms with Gasteiger partial charge >= 0.3 is 5.97 Å². The zero-order valence-corrected chi connectivity index (χ0v) is 16.6. The Kier molecular flexibility index (Phi) is 7.46. The average molecular weight is 371 g/mol. The Morgan fingerprint density at radius 3 is 2.48 bits per heavy atom. The van der Waals surface area contributed by atoms with Gasteiger partial charge in [0.1, 0.15) is 5.69 Å². The first kappa shape index (κ1) is 20.6. The smallest absolute Gasteiger partial charge is 0.339 e. The zero-order valence-electron chi connectivity index (χ0n) is 16.6. The van der Waals surface area contributed by atoms with Gasteiger partial charge in [-0.1, -0.05) is 25.1 Å². The number of rotatable bonds is 9. The molecule has 146 valence electrons. The zero-order chi connectivity index (χ0) is 19.8. The lowest BCUT2D eigenvalue weighted by Gasteiger charge is -2.23. The number of aryl methyl sites for hydroxylation is 1. The van der Waals surface area contributed by atoms with Crippen molar-refractivity contribution in [3.63, 3.8) is 0 Å². The van der Waals surface area contributed by atoms with E-state index in [1.54, 1.807) is 6.92 Å². The molecule has 1 amide bonds. The van der Waals surface area contributed by atoms with Crippen LogP contribution in [0.1, 0.15) is 52.4 Å². The second kappa shape index (κ2) is 9.80. The molecular weight excluding hydrogens is 342 g/mol. The highest BCUT2D eigenvalue weighted by molar-refractivity contribution is 6.00. The molecule has 0 bridgehead atoms. The summed E-state index contributed by atoms with van der Waals surface area (Å²) in [6.07, 6.45) is 1.46.